The highest BCUT2D eigenvalue weighted by Gasteiger charge is 2.60. The molecule has 0 bridgehead atoms. The van der Waals surface area contributed by atoms with E-state index in [-0.39, 0.29) is 27.7 Å². The Balaban J connectivity index is 0.000000181. The van der Waals surface area contributed by atoms with Crippen LogP contribution in [-0.4, -0.2) is 36.8 Å². The smallest absolute Gasteiger partial charge is 0.307 e. The first-order chi connectivity index (χ1) is 11.4. The number of nitrogens with zero attached hydrogens (tertiary/aromatic N) is 1. The van der Waals surface area contributed by atoms with Crippen molar-refractivity contribution in [2.75, 3.05) is 7.05 Å². The van der Waals surface area contributed by atoms with Crippen molar-refractivity contribution in [2.24, 2.45) is 17.3 Å². The molecule has 1 amide bonds. The number of carbonyl (C=O) groups is 2. The molecule has 1 saturated carbocycles. The molecule has 1 aromatic carbocycles. The molecule has 136 valence electrons. The number of rotatable bonds is 2. The van der Waals surface area contributed by atoms with Crippen molar-refractivity contribution in [1.29, 1.82) is 0 Å². The van der Waals surface area contributed by atoms with E-state index in [0.29, 0.717) is 0 Å². The Morgan fingerprint density at radius 2 is 1.80 bits per heavy atom. The molecule has 0 aromatic heterocycles. The van der Waals surface area contributed by atoms with Crippen LogP contribution in [0.15, 0.2) is 40.8 Å². The van der Waals surface area contributed by atoms with Gasteiger partial charge < -0.3 is 5.11 Å². The highest BCUT2D eigenvalue weighted by molar-refractivity contribution is 7.90. The van der Waals surface area contributed by atoms with Gasteiger partial charge in [0, 0.05) is 7.05 Å². The van der Waals surface area contributed by atoms with E-state index in [0.717, 1.165) is 4.31 Å². The Kier molecular flexibility index (Phi) is 4.83. The van der Waals surface area contributed by atoms with Crippen molar-refractivity contribution in [3.05, 3.63) is 41.5 Å². The van der Waals surface area contributed by atoms with E-state index in [4.69, 9.17) is 5.11 Å². The van der Waals surface area contributed by atoms with Gasteiger partial charge in [-0.1, -0.05) is 37.6 Å². The molecule has 1 aromatic rings. The maximum absolute atomic E-state index is 11.5. The van der Waals surface area contributed by atoms with Gasteiger partial charge in [-0.25, -0.2) is 12.7 Å². The topological polar surface area (TPSA) is 91.8 Å². The molecule has 7 heteroatoms. The average molecular weight is 365 g/mol. The summed E-state index contributed by atoms with van der Waals surface area (Å²) >= 11 is 0. The van der Waals surface area contributed by atoms with Gasteiger partial charge in [0.15, 0.2) is 0 Å². The summed E-state index contributed by atoms with van der Waals surface area (Å²) in [6, 6.07) is 6.19. The standard InChI is InChI=1S/C10H16O2.C8H7NO3S/c1-6(2)5-7-8(9(11)12)10(7,3)4;1-9-8(10)6-4-2-3-5-7(6)13(9,11)12/h5,7-8H,1-4H3,(H,11,12);2-5H,1H3. The number of fused-ring (bicyclic) bond motifs is 1. The van der Waals surface area contributed by atoms with Crippen molar-refractivity contribution in [2.45, 2.75) is 32.6 Å². The van der Waals surface area contributed by atoms with Crippen molar-refractivity contribution in [1.82, 2.24) is 4.31 Å². The number of benzene rings is 1. The zero-order valence-electron chi connectivity index (χ0n) is 15.0. The van der Waals surface area contributed by atoms with Crippen LogP contribution in [0.4, 0.5) is 0 Å². The monoisotopic (exact) mass is 365 g/mol. The first kappa shape index (κ1) is 19.2. The van der Waals surface area contributed by atoms with E-state index in [1.807, 2.05) is 27.7 Å². The van der Waals surface area contributed by atoms with Gasteiger partial charge in [-0.2, -0.15) is 0 Å². The average Bonchev–Trinajstić information content (AvgIpc) is 3.00. The van der Waals surface area contributed by atoms with E-state index in [1.165, 1.54) is 24.8 Å². The van der Waals surface area contributed by atoms with Crippen LogP contribution < -0.4 is 0 Å². The number of hydrogen-bond donors (Lipinski definition) is 1. The van der Waals surface area contributed by atoms with Crippen molar-refractivity contribution in [3.8, 4) is 0 Å². The van der Waals surface area contributed by atoms with Gasteiger partial charge in [-0.3, -0.25) is 9.59 Å². The summed E-state index contributed by atoms with van der Waals surface area (Å²) in [4.78, 5) is 22.2. The normalized spacial score (nSPS) is 24.7. The molecule has 0 spiro atoms. The Bertz CT molecular complexity index is 850. The van der Waals surface area contributed by atoms with Crippen LogP contribution >= 0.6 is 0 Å². The molecule has 0 radical (unpaired) electrons. The lowest BCUT2D eigenvalue weighted by Gasteiger charge is -2.05. The number of sulfonamides is 1. The lowest BCUT2D eigenvalue weighted by Crippen LogP contribution is -2.24. The van der Waals surface area contributed by atoms with Gasteiger partial charge in [0.25, 0.3) is 15.9 Å². The first-order valence-electron chi connectivity index (χ1n) is 7.92. The van der Waals surface area contributed by atoms with Crippen molar-refractivity contribution < 1.29 is 23.1 Å². The van der Waals surface area contributed by atoms with Crippen LogP contribution in [0.2, 0.25) is 0 Å². The molecule has 2 aliphatic rings. The highest BCUT2D eigenvalue weighted by Crippen LogP contribution is 2.59. The van der Waals surface area contributed by atoms with Crippen LogP contribution in [0, 0.1) is 17.3 Å². The van der Waals surface area contributed by atoms with Crippen LogP contribution in [-0.2, 0) is 14.8 Å². The second-order valence-corrected chi connectivity index (χ2v) is 9.12. The number of carboxylic acids is 1. The van der Waals surface area contributed by atoms with Crippen LogP contribution in [0.5, 0.6) is 0 Å². The zero-order valence-corrected chi connectivity index (χ0v) is 15.8. The van der Waals surface area contributed by atoms with Gasteiger partial charge in [0.1, 0.15) is 4.90 Å². The van der Waals surface area contributed by atoms with Crippen LogP contribution in [0.3, 0.4) is 0 Å². The minimum absolute atomic E-state index is 0.0386. The fourth-order valence-corrected chi connectivity index (χ4v) is 4.41. The Morgan fingerprint density at radius 3 is 2.24 bits per heavy atom. The fraction of sp³-hybridized carbons (Fsp3) is 0.444. The predicted molar refractivity (Wildman–Crippen MR) is 93.5 cm³/mol. The van der Waals surface area contributed by atoms with E-state index in [1.54, 1.807) is 12.1 Å². The summed E-state index contributed by atoms with van der Waals surface area (Å²) < 4.78 is 23.8. The number of aliphatic carboxylic acids is 1. The number of amides is 1. The summed E-state index contributed by atoms with van der Waals surface area (Å²) in [6.45, 7) is 8.03. The number of carboxylic acid groups (broad SMARTS) is 1. The first-order valence-corrected chi connectivity index (χ1v) is 9.36. The molecule has 2 atom stereocenters. The molecule has 0 saturated heterocycles. The van der Waals surface area contributed by atoms with Crippen LogP contribution in [0.1, 0.15) is 38.1 Å². The summed E-state index contributed by atoms with van der Waals surface area (Å²) in [5.74, 6) is -1.06. The van der Waals surface area contributed by atoms with Gasteiger partial charge in [-0.05, 0) is 37.3 Å². The van der Waals surface area contributed by atoms with Crippen LogP contribution in [0.25, 0.3) is 0 Å². The maximum Gasteiger partial charge on any atom is 0.307 e. The Labute approximate surface area is 148 Å². The molecule has 25 heavy (non-hydrogen) atoms. The third kappa shape index (κ3) is 3.33. The van der Waals surface area contributed by atoms with Gasteiger partial charge in [0.2, 0.25) is 0 Å². The summed E-state index contributed by atoms with van der Waals surface area (Å²) in [6.07, 6.45) is 2.07. The Hall–Kier alpha value is -2.15. The number of carbonyl (C=O) groups excluding carboxylic acids is 1. The van der Waals surface area contributed by atoms with Gasteiger partial charge in [0.05, 0.1) is 11.5 Å². The van der Waals surface area contributed by atoms with E-state index < -0.39 is 21.9 Å². The molecule has 1 aliphatic carbocycles. The summed E-state index contributed by atoms with van der Waals surface area (Å²) in [7, 11) is -2.29. The SMILES string of the molecule is CC(C)=CC1C(C(=O)O)C1(C)C.CN1C(=O)c2ccccc2S1(=O)=O. The van der Waals surface area contributed by atoms with E-state index in [9.17, 15) is 18.0 Å². The second kappa shape index (κ2) is 6.29. The number of hydrogen-bond acceptors (Lipinski definition) is 4. The molecule has 3 rings (SSSR count). The largest absolute Gasteiger partial charge is 0.481 e. The van der Waals surface area contributed by atoms with Gasteiger partial charge >= 0.3 is 5.97 Å². The third-order valence-corrected chi connectivity index (χ3v) is 6.53. The minimum atomic E-state index is -3.55. The molecular weight excluding hydrogens is 342 g/mol. The lowest BCUT2D eigenvalue weighted by atomic mass is 10.1. The molecule has 1 fully saturated rings. The van der Waals surface area contributed by atoms with Crippen molar-refractivity contribution in [3.63, 3.8) is 0 Å². The molecule has 6 nitrogen and oxygen atoms in total. The summed E-state index contributed by atoms with van der Waals surface area (Å²) in [5, 5.41) is 8.84. The fourth-order valence-electron chi connectivity index (χ4n) is 3.11. The zero-order chi connectivity index (χ0) is 19.2. The molecule has 2 unspecified atom stereocenters. The predicted octanol–water partition coefficient (Wildman–Crippen LogP) is 2.77. The number of allylic oxidation sites excluding steroid dienone is 2. The quantitative estimate of drug-likeness (QED) is 0.814. The Morgan fingerprint density at radius 1 is 1.24 bits per heavy atom. The van der Waals surface area contributed by atoms with E-state index >= 15 is 0 Å². The highest BCUT2D eigenvalue weighted by atomic mass is 32.2. The summed E-state index contributed by atoms with van der Waals surface area (Å²) in [5.41, 5.74) is 1.42. The van der Waals surface area contributed by atoms with E-state index in [2.05, 4.69) is 6.08 Å². The van der Waals surface area contributed by atoms with Crippen molar-refractivity contribution >= 4 is 21.9 Å². The lowest BCUT2D eigenvalue weighted by molar-refractivity contribution is -0.139. The minimum Gasteiger partial charge on any atom is -0.481 e. The van der Waals surface area contributed by atoms with Gasteiger partial charge in [-0.15, -0.1) is 0 Å². The molecule has 1 N–H and O–H groups in total. The second-order valence-electron chi connectivity index (χ2n) is 7.18. The molecular formula is C18H23NO5S. The third-order valence-electron chi connectivity index (χ3n) is 4.73. The maximum atomic E-state index is 11.5. The molecule has 1 heterocycles. The molecule has 1 aliphatic heterocycles.